The van der Waals surface area contributed by atoms with Crippen LogP contribution >= 0.6 is 0 Å². The van der Waals surface area contributed by atoms with Gasteiger partial charge in [-0.1, -0.05) is 25.0 Å². The molecule has 3 rings (SSSR count). The highest BCUT2D eigenvalue weighted by atomic mass is 19.1. The topological polar surface area (TPSA) is 69.6 Å². The van der Waals surface area contributed by atoms with Crippen LogP contribution in [0.15, 0.2) is 24.3 Å². The van der Waals surface area contributed by atoms with Crippen molar-refractivity contribution in [3.05, 3.63) is 35.6 Å². The number of halogens is 1. The fraction of sp³-hybridized carbons (Fsp3) is 0.579. The van der Waals surface area contributed by atoms with Crippen molar-refractivity contribution in [2.24, 2.45) is 5.92 Å². The SMILES string of the molecule is O=C(CN1CCC[C@@H]1C(=O)O)NC(c1ccc(F)cc1)C1CCCC1. The Morgan fingerprint density at radius 3 is 2.48 bits per heavy atom. The molecule has 0 radical (unpaired) electrons. The van der Waals surface area contributed by atoms with Crippen molar-refractivity contribution in [3.8, 4) is 0 Å². The lowest BCUT2D eigenvalue weighted by molar-refractivity contribution is -0.142. The van der Waals surface area contributed by atoms with Gasteiger partial charge in [0.15, 0.2) is 0 Å². The molecule has 136 valence electrons. The number of likely N-dealkylation sites (tertiary alicyclic amines) is 1. The molecule has 1 aliphatic carbocycles. The lowest BCUT2D eigenvalue weighted by atomic mass is 9.91. The molecule has 6 heteroatoms. The molecule has 1 aliphatic heterocycles. The Hall–Kier alpha value is -1.95. The van der Waals surface area contributed by atoms with Crippen LogP contribution in [-0.4, -0.2) is 41.0 Å². The highest BCUT2D eigenvalue weighted by Gasteiger charge is 2.33. The molecular weight excluding hydrogens is 323 g/mol. The molecule has 2 fully saturated rings. The molecule has 0 bridgehead atoms. The second-order valence-electron chi connectivity index (χ2n) is 7.11. The van der Waals surface area contributed by atoms with Crippen LogP contribution in [-0.2, 0) is 9.59 Å². The van der Waals surface area contributed by atoms with E-state index in [0.29, 0.717) is 18.9 Å². The Labute approximate surface area is 147 Å². The Kier molecular flexibility index (Phi) is 5.68. The largest absolute Gasteiger partial charge is 0.480 e. The normalized spacial score (nSPS) is 22.8. The van der Waals surface area contributed by atoms with E-state index in [2.05, 4.69) is 5.32 Å². The van der Waals surface area contributed by atoms with Gasteiger partial charge in [-0.3, -0.25) is 14.5 Å². The van der Waals surface area contributed by atoms with Crippen molar-refractivity contribution in [3.63, 3.8) is 0 Å². The van der Waals surface area contributed by atoms with Crippen LogP contribution in [0.2, 0.25) is 0 Å². The number of benzene rings is 1. The van der Waals surface area contributed by atoms with E-state index in [-0.39, 0.29) is 24.3 Å². The summed E-state index contributed by atoms with van der Waals surface area (Å²) in [7, 11) is 0. The summed E-state index contributed by atoms with van der Waals surface area (Å²) < 4.78 is 13.2. The van der Waals surface area contributed by atoms with Crippen molar-refractivity contribution >= 4 is 11.9 Å². The van der Waals surface area contributed by atoms with Crippen LogP contribution in [0.5, 0.6) is 0 Å². The second kappa shape index (κ2) is 7.95. The van der Waals surface area contributed by atoms with E-state index >= 15 is 0 Å². The molecule has 0 spiro atoms. The Bertz CT molecular complexity index is 614. The number of hydrogen-bond acceptors (Lipinski definition) is 3. The zero-order valence-electron chi connectivity index (χ0n) is 14.3. The molecule has 1 aromatic rings. The van der Waals surface area contributed by atoms with Gasteiger partial charge in [0.1, 0.15) is 11.9 Å². The van der Waals surface area contributed by atoms with Gasteiger partial charge in [-0.15, -0.1) is 0 Å². The van der Waals surface area contributed by atoms with Crippen molar-refractivity contribution in [2.75, 3.05) is 13.1 Å². The van der Waals surface area contributed by atoms with Gasteiger partial charge in [0.25, 0.3) is 0 Å². The zero-order valence-corrected chi connectivity index (χ0v) is 14.3. The molecule has 1 saturated heterocycles. The average molecular weight is 348 g/mol. The summed E-state index contributed by atoms with van der Waals surface area (Å²) in [5.41, 5.74) is 0.915. The van der Waals surface area contributed by atoms with E-state index in [9.17, 15) is 19.1 Å². The summed E-state index contributed by atoms with van der Waals surface area (Å²) in [5, 5.41) is 12.3. The maximum Gasteiger partial charge on any atom is 0.320 e. The van der Waals surface area contributed by atoms with Crippen LogP contribution < -0.4 is 5.32 Å². The van der Waals surface area contributed by atoms with E-state index in [1.54, 1.807) is 17.0 Å². The molecule has 5 nitrogen and oxygen atoms in total. The first-order valence-corrected chi connectivity index (χ1v) is 9.06. The van der Waals surface area contributed by atoms with Crippen molar-refractivity contribution in [1.29, 1.82) is 0 Å². The van der Waals surface area contributed by atoms with Crippen molar-refractivity contribution in [1.82, 2.24) is 10.2 Å². The Morgan fingerprint density at radius 2 is 1.84 bits per heavy atom. The molecule has 25 heavy (non-hydrogen) atoms. The van der Waals surface area contributed by atoms with Gasteiger partial charge in [0, 0.05) is 0 Å². The molecule has 1 unspecified atom stereocenters. The summed E-state index contributed by atoms with van der Waals surface area (Å²) in [4.78, 5) is 25.6. The molecule has 1 aromatic carbocycles. The first-order valence-electron chi connectivity index (χ1n) is 9.06. The number of rotatable bonds is 6. The van der Waals surface area contributed by atoms with Crippen LogP contribution in [0.1, 0.15) is 50.1 Å². The Morgan fingerprint density at radius 1 is 1.16 bits per heavy atom. The monoisotopic (exact) mass is 348 g/mol. The molecular formula is C19H25FN2O3. The van der Waals surface area contributed by atoms with Crippen molar-refractivity contribution < 1.29 is 19.1 Å². The van der Waals surface area contributed by atoms with Crippen molar-refractivity contribution in [2.45, 2.75) is 50.6 Å². The average Bonchev–Trinajstić information content (AvgIpc) is 3.25. The zero-order chi connectivity index (χ0) is 17.8. The van der Waals surface area contributed by atoms with E-state index in [1.807, 2.05) is 0 Å². The van der Waals surface area contributed by atoms with Gasteiger partial charge in [0.05, 0.1) is 12.6 Å². The molecule has 1 amide bonds. The predicted molar refractivity (Wildman–Crippen MR) is 91.5 cm³/mol. The number of carboxylic acid groups (broad SMARTS) is 1. The van der Waals surface area contributed by atoms with Gasteiger partial charge >= 0.3 is 5.97 Å². The fourth-order valence-corrected chi connectivity index (χ4v) is 4.13. The minimum atomic E-state index is -0.865. The number of carbonyl (C=O) groups excluding carboxylic acids is 1. The lowest BCUT2D eigenvalue weighted by Gasteiger charge is -2.27. The van der Waals surface area contributed by atoms with Crippen LogP contribution in [0.25, 0.3) is 0 Å². The maximum atomic E-state index is 13.2. The van der Waals surface area contributed by atoms with Gasteiger partial charge in [-0.2, -0.15) is 0 Å². The third-order valence-corrected chi connectivity index (χ3v) is 5.41. The summed E-state index contributed by atoms with van der Waals surface area (Å²) in [6, 6.07) is 5.60. The van der Waals surface area contributed by atoms with Gasteiger partial charge in [-0.25, -0.2) is 4.39 Å². The minimum Gasteiger partial charge on any atom is -0.480 e. The summed E-state index contributed by atoms with van der Waals surface area (Å²) >= 11 is 0. The smallest absolute Gasteiger partial charge is 0.320 e. The minimum absolute atomic E-state index is 0.0986. The number of carbonyl (C=O) groups is 2. The molecule has 2 aliphatic rings. The number of carboxylic acids is 1. The third-order valence-electron chi connectivity index (χ3n) is 5.41. The maximum absolute atomic E-state index is 13.2. The molecule has 0 aromatic heterocycles. The van der Waals surface area contributed by atoms with Crippen LogP contribution in [0.3, 0.4) is 0 Å². The quantitative estimate of drug-likeness (QED) is 0.829. The summed E-state index contributed by atoms with van der Waals surface area (Å²) in [6.45, 7) is 0.733. The Balaban J connectivity index is 1.68. The highest BCUT2D eigenvalue weighted by Crippen LogP contribution is 2.35. The molecule has 2 N–H and O–H groups in total. The number of aliphatic carboxylic acids is 1. The first kappa shape index (κ1) is 17.9. The predicted octanol–water partition coefficient (Wildman–Crippen LogP) is 2.72. The number of hydrogen-bond donors (Lipinski definition) is 2. The number of amides is 1. The highest BCUT2D eigenvalue weighted by molar-refractivity contribution is 5.80. The summed E-state index contributed by atoms with van der Waals surface area (Å²) in [6.07, 6.45) is 5.77. The van der Waals surface area contributed by atoms with Crippen LogP contribution in [0.4, 0.5) is 4.39 Å². The third kappa shape index (κ3) is 4.37. The number of nitrogens with zero attached hydrogens (tertiary/aromatic N) is 1. The van der Waals surface area contributed by atoms with Gasteiger partial charge < -0.3 is 10.4 Å². The molecule has 1 heterocycles. The van der Waals surface area contributed by atoms with Gasteiger partial charge in [-0.05, 0) is 55.8 Å². The van der Waals surface area contributed by atoms with Crippen LogP contribution in [0, 0.1) is 11.7 Å². The standard InChI is InChI=1S/C19H25FN2O3/c20-15-9-7-14(8-10-15)18(13-4-1-2-5-13)21-17(23)12-22-11-3-6-16(22)19(24)25/h7-10,13,16,18H,1-6,11-12H2,(H,21,23)(H,24,25)/t16-,18?/m1/s1. The lowest BCUT2D eigenvalue weighted by Crippen LogP contribution is -2.44. The van der Waals surface area contributed by atoms with E-state index < -0.39 is 12.0 Å². The molecule has 1 saturated carbocycles. The second-order valence-corrected chi connectivity index (χ2v) is 7.11. The van der Waals surface area contributed by atoms with E-state index in [0.717, 1.165) is 37.7 Å². The van der Waals surface area contributed by atoms with E-state index in [1.165, 1.54) is 12.1 Å². The van der Waals surface area contributed by atoms with Gasteiger partial charge in [0.2, 0.25) is 5.91 Å². The first-order chi connectivity index (χ1) is 12.0. The number of nitrogens with one attached hydrogen (secondary N) is 1. The fourth-order valence-electron chi connectivity index (χ4n) is 4.13. The van der Waals surface area contributed by atoms with E-state index in [4.69, 9.17) is 0 Å². The summed E-state index contributed by atoms with van der Waals surface area (Å²) in [5.74, 6) is -0.963. The molecule has 2 atom stereocenters.